The highest BCUT2D eigenvalue weighted by atomic mass is 16.5. The molecule has 0 aliphatic carbocycles. The van der Waals surface area contributed by atoms with E-state index in [0.717, 1.165) is 28.0 Å². The Morgan fingerprint density at radius 3 is 2.57 bits per heavy atom. The first kappa shape index (κ1) is 13.2. The molecule has 0 aliphatic heterocycles. The van der Waals surface area contributed by atoms with Crippen LogP contribution < -0.4 is 10.1 Å². The lowest BCUT2D eigenvalue weighted by atomic mass is 10.1. The van der Waals surface area contributed by atoms with E-state index in [4.69, 9.17) is 4.74 Å². The molecule has 0 bridgehead atoms. The number of hydrogen-bond donors (Lipinski definition) is 2. The molecule has 2 aromatic carbocycles. The van der Waals surface area contributed by atoms with Gasteiger partial charge in [-0.25, -0.2) is 0 Å². The highest BCUT2D eigenvalue weighted by Crippen LogP contribution is 2.19. The van der Waals surface area contributed by atoms with Gasteiger partial charge in [-0.15, -0.1) is 0 Å². The number of rotatable bonds is 3. The number of benzene rings is 2. The fraction of sp³-hybridized carbons (Fsp3) is 0.118. The summed E-state index contributed by atoms with van der Waals surface area (Å²) < 4.78 is 5.09. The molecule has 106 valence electrons. The predicted octanol–water partition coefficient (Wildman–Crippen LogP) is 3.74. The molecule has 3 rings (SSSR count). The van der Waals surface area contributed by atoms with Crippen molar-refractivity contribution in [2.75, 3.05) is 12.4 Å². The second-order valence-electron chi connectivity index (χ2n) is 4.94. The number of ether oxygens (including phenoxy) is 1. The zero-order valence-corrected chi connectivity index (χ0v) is 11.9. The highest BCUT2D eigenvalue weighted by Gasteiger charge is 2.08. The molecule has 3 aromatic rings. The first-order valence-electron chi connectivity index (χ1n) is 6.70. The summed E-state index contributed by atoms with van der Waals surface area (Å²) in [5.41, 5.74) is 3.50. The molecule has 1 heterocycles. The second kappa shape index (κ2) is 5.32. The molecule has 0 fully saturated rings. The lowest BCUT2D eigenvalue weighted by Gasteiger charge is -2.06. The van der Waals surface area contributed by atoms with Gasteiger partial charge in [0.2, 0.25) is 0 Å². The van der Waals surface area contributed by atoms with Crippen LogP contribution in [0.15, 0.2) is 48.5 Å². The van der Waals surface area contributed by atoms with Crippen molar-refractivity contribution in [2.45, 2.75) is 6.92 Å². The fourth-order valence-corrected chi connectivity index (χ4v) is 2.30. The molecule has 1 amide bonds. The summed E-state index contributed by atoms with van der Waals surface area (Å²) in [4.78, 5) is 15.5. The Morgan fingerprint density at radius 1 is 1.10 bits per heavy atom. The molecular formula is C17H16N2O2. The maximum atomic E-state index is 12.3. The minimum absolute atomic E-state index is 0.124. The van der Waals surface area contributed by atoms with Crippen LogP contribution in [0.3, 0.4) is 0 Å². The van der Waals surface area contributed by atoms with E-state index in [2.05, 4.69) is 10.3 Å². The summed E-state index contributed by atoms with van der Waals surface area (Å²) in [6.07, 6.45) is 0. The van der Waals surface area contributed by atoms with Crippen LogP contribution in [0.2, 0.25) is 0 Å². The summed E-state index contributed by atoms with van der Waals surface area (Å²) in [5, 5.41) is 3.91. The molecule has 0 spiro atoms. The normalized spacial score (nSPS) is 10.6. The van der Waals surface area contributed by atoms with E-state index in [9.17, 15) is 4.79 Å². The van der Waals surface area contributed by atoms with Gasteiger partial charge in [-0.1, -0.05) is 0 Å². The summed E-state index contributed by atoms with van der Waals surface area (Å²) in [6, 6.07) is 14.9. The zero-order chi connectivity index (χ0) is 14.8. The quantitative estimate of drug-likeness (QED) is 0.768. The average Bonchev–Trinajstić information content (AvgIpc) is 2.87. The summed E-state index contributed by atoms with van der Waals surface area (Å²) in [6.45, 7) is 2.00. The van der Waals surface area contributed by atoms with Crippen molar-refractivity contribution in [3.8, 4) is 5.75 Å². The third-order valence-corrected chi connectivity index (χ3v) is 3.37. The maximum absolute atomic E-state index is 12.3. The third-order valence-electron chi connectivity index (χ3n) is 3.37. The van der Waals surface area contributed by atoms with Crippen molar-refractivity contribution < 1.29 is 9.53 Å². The lowest BCUT2D eigenvalue weighted by molar-refractivity contribution is 0.102. The number of methoxy groups -OCH3 is 1. The number of hydrogen-bond acceptors (Lipinski definition) is 2. The van der Waals surface area contributed by atoms with Crippen molar-refractivity contribution in [2.24, 2.45) is 0 Å². The number of anilines is 1. The van der Waals surface area contributed by atoms with Gasteiger partial charge in [-0.05, 0) is 55.5 Å². The predicted molar refractivity (Wildman–Crippen MR) is 84.0 cm³/mol. The minimum Gasteiger partial charge on any atom is -0.497 e. The number of aryl methyl sites for hydroxylation is 1. The molecule has 4 heteroatoms. The van der Waals surface area contributed by atoms with E-state index in [1.165, 1.54) is 0 Å². The minimum atomic E-state index is -0.124. The van der Waals surface area contributed by atoms with Gasteiger partial charge in [0.15, 0.2) is 0 Å². The van der Waals surface area contributed by atoms with Crippen molar-refractivity contribution >= 4 is 22.5 Å². The number of aromatic amines is 1. The van der Waals surface area contributed by atoms with Crippen LogP contribution in [-0.2, 0) is 0 Å². The van der Waals surface area contributed by atoms with Gasteiger partial charge in [0.25, 0.3) is 5.91 Å². The molecule has 0 unspecified atom stereocenters. The van der Waals surface area contributed by atoms with Crippen LogP contribution in [0.25, 0.3) is 10.9 Å². The van der Waals surface area contributed by atoms with Crippen molar-refractivity contribution in [3.05, 3.63) is 59.8 Å². The highest BCUT2D eigenvalue weighted by molar-refractivity contribution is 6.06. The van der Waals surface area contributed by atoms with Crippen LogP contribution in [0.5, 0.6) is 5.75 Å². The molecule has 0 radical (unpaired) electrons. The largest absolute Gasteiger partial charge is 0.497 e. The van der Waals surface area contributed by atoms with Crippen molar-refractivity contribution in [3.63, 3.8) is 0 Å². The Hall–Kier alpha value is -2.75. The van der Waals surface area contributed by atoms with E-state index >= 15 is 0 Å². The number of H-pyrrole nitrogens is 1. The zero-order valence-electron chi connectivity index (χ0n) is 11.9. The Balaban J connectivity index is 1.82. The molecule has 21 heavy (non-hydrogen) atoms. The molecule has 2 N–H and O–H groups in total. The van der Waals surface area contributed by atoms with Gasteiger partial charge in [-0.2, -0.15) is 0 Å². The van der Waals surface area contributed by atoms with Gasteiger partial charge in [-0.3, -0.25) is 4.79 Å². The average molecular weight is 280 g/mol. The number of aromatic nitrogens is 1. The first-order valence-corrected chi connectivity index (χ1v) is 6.70. The van der Waals surface area contributed by atoms with Gasteiger partial charge in [0.1, 0.15) is 5.75 Å². The SMILES string of the molecule is COc1ccc(NC(=O)c2ccc3[nH]c(C)cc3c2)cc1. The van der Waals surface area contributed by atoms with Gasteiger partial charge < -0.3 is 15.0 Å². The molecular weight excluding hydrogens is 264 g/mol. The van der Waals surface area contributed by atoms with Crippen LogP contribution in [0, 0.1) is 6.92 Å². The Bertz CT molecular complexity index is 788. The third kappa shape index (κ3) is 2.74. The van der Waals surface area contributed by atoms with Crippen molar-refractivity contribution in [1.29, 1.82) is 0 Å². The number of nitrogens with one attached hydrogen (secondary N) is 2. The maximum Gasteiger partial charge on any atom is 0.255 e. The van der Waals surface area contributed by atoms with Gasteiger partial charge >= 0.3 is 0 Å². The topological polar surface area (TPSA) is 54.1 Å². The first-order chi connectivity index (χ1) is 10.2. The van der Waals surface area contributed by atoms with Gasteiger partial charge in [0, 0.05) is 27.8 Å². The van der Waals surface area contributed by atoms with E-state index in [0.29, 0.717) is 5.56 Å². The molecule has 0 atom stereocenters. The Kier molecular flexibility index (Phi) is 3.36. The Labute approximate surface area is 122 Å². The number of amides is 1. The fourth-order valence-electron chi connectivity index (χ4n) is 2.30. The number of carbonyl (C=O) groups is 1. The van der Waals surface area contributed by atoms with Crippen LogP contribution >= 0.6 is 0 Å². The molecule has 0 saturated carbocycles. The lowest BCUT2D eigenvalue weighted by Crippen LogP contribution is -2.11. The van der Waals surface area contributed by atoms with E-state index in [1.807, 2.05) is 55.5 Å². The number of carbonyl (C=O) groups excluding carboxylic acids is 1. The van der Waals surface area contributed by atoms with Crippen molar-refractivity contribution in [1.82, 2.24) is 4.98 Å². The summed E-state index contributed by atoms with van der Waals surface area (Å²) in [5.74, 6) is 0.637. The van der Waals surface area contributed by atoms with Gasteiger partial charge in [0.05, 0.1) is 7.11 Å². The van der Waals surface area contributed by atoms with Crippen LogP contribution in [-0.4, -0.2) is 18.0 Å². The summed E-state index contributed by atoms with van der Waals surface area (Å²) >= 11 is 0. The molecule has 1 aromatic heterocycles. The molecule has 0 aliphatic rings. The Morgan fingerprint density at radius 2 is 1.86 bits per heavy atom. The smallest absolute Gasteiger partial charge is 0.255 e. The monoisotopic (exact) mass is 280 g/mol. The van der Waals surface area contributed by atoms with E-state index in [1.54, 1.807) is 7.11 Å². The molecule has 4 nitrogen and oxygen atoms in total. The van der Waals surface area contributed by atoms with E-state index in [-0.39, 0.29) is 5.91 Å². The standard InChI is InChI=1S/C17H16N2O2/c1-11-9-13-10-12(3-8-16(13)18-11)17(20)19-14-4-6-15(21-2)7-5-14/h3-10,18H,1-2H3,(H,19,20). The van der Waals surface area contributed by atoms with Crippen LogP contribution in [0.4, 0.5) is 5.69 Å². The summed E-state index contributed by atoms with van der Waals surface area (Å²) in [7, 11) is 1.61. The number of fused-ring (bicyclic) bond motifs is 1. The molecule has 0 saturated heterocycles. The second-order valence-corrected chi connectivity index (χ2v) is 4.94. The van der Waals surface area contributed by atoms with Crippen LogP contribution in [0.1, 0.15) is 16.1 Å². The van der Waals surface area contributed by atoms with E-state index < -0.39 is 0 Å².